The molecule has 2 rings (SSSR count). The minimum absolute atomic E-state index is 0.381. The number of hydrogen-bond donors (Lipinski definition) is 1. The normalized spacial score (nSPS) is 20.0. The first-order chi connectivity index (χ1) is 8.52. The third-order valence-electron chi connectivity index (χ3n) is 3.41. The van der Waals surface area contributed by atoms with Crippen molar-refractivity contribution < 1.29 is 8.42 Å². The van der Waals surface area contributed by atoms with Gasteiger partial charge in [-0.05, 0) is 44.2 Å². The molecule has 1 aromatic rings. The van der Waals surface area contributed by atoms with Gasteiger partial charge in [0.15, 0.2) is 9.84 Å². The van der Waals surface area contributed by atoms with Gasteiger partial charge in [-0.15, -0.1) is 0 Å². The molecule has 18 heavy (non-hydrogen) atoms. The topological polar surface area (TPSA) is 49.4 Å². The number of benzene rings is 1. The van der Waals surface area contributed by atoms with E-state index in [1.165, 1.54) is 6.26 Å². The summed E-state index contributed by atoms with van der Waals surface area (Å²) in [5, 5.41) is 3.35. The summed E-state index contributed by atoms with van der Waals surface area (Å²) in [7, 11) is -3.10. The summed E-state index contributed by atoms with van der Waals surface area (Å²) in [6, 6.07) is 7.70. The van der Waals surface area contributed by atoms with Gasteiger partial charge in [-0.3, -0.25) is 0 Å². The van der Waals surface area contributed by atoms with E-state index in [4.69, 9.17) is 0 Å². The van der Waals surface area contributed by atoms with Crippen LogP contribution >= 0.6 is 0 Å². The summed E-state index contributed by atoms with van der Waals surface area (Å²) in [4.78, 5) is 2.71. The maximum absolute atomic E-state index is 11.4. The van der Waals surface area contributed by atoms with Crippen LogP contribution in [0.15, 0.2) is 29.2 Å². The highest BCUT2D eigenvalue weighted by Gasteiger charge is 2.21. The van der Waals surface area contributed by atoms with Crippen molar-refractivity contribution in [1.29, 1.82) is 0 Å². The van der Waals surface area contributed by atoms with E-state index in [0.717, 1.165) is 31.7 Å². The van der Waals surface area contributed by atoms with E-state index in [-0.39, 0.29) is 0 Å². The van der Waals surface area contributed by atoms with Crippen molar-refractivity contribution in [3.63, 3.8) is 0 Å². The molecular weight excluding hydrogens is 248 g/mol. The van der Waals surface area contributed by atoms with Gasteiger partial charge in [-0.25, -0.2) is 8.42 Å². The quantitative estimate of drug-likeness (QED) is 0.893. The van der Waals surface area contributed by atoms with Gasteiger partial charge in [0, 0.05) is 31.1 Å². The van der Waals surface area contributed by atoms with Crippen LogP contribution in [0.25, 0.3) is 0 Å². The van der Waals surface area contributed by atoms with E-state index in [1.807, 2.05) is 12.1 Å². The smallest absolute Gasteiger partial charge is 0.175 e. The second-order valence-corrected chi connectivity index (χ2v) is 6.71. The second kappa shape index (κ2) is 5.28. The van der Waals surface area contributed by atoms with Crippen LogP contribution < -0.4 is 10.2 Å². The van der Waals surface area contributed by atoms with Crippen molar-refractivity contribution in [3.8, 4) is 0 Å². The number of nitrogens with zero attached hydrogens (tertiary/aromatic N) is 1. The molecule has 0 amide bonds. The lowest BCUT2D eigenvalue weighted by atomic mass is 10.2. The molecule has 1 aliphatic heterocycles. The summed E-state index contributed by atoms with van der Waals surface area (Å²) in [5.41, 5.74) is 1.10. The van der Waals surface area contributed by atoms with Gasteiger partial charge in [0.2, 0.25) is 0 Å². The molecule has 0 aliphatic carbocycles. The van der Waals surface area contributed by atoms with Crippen molar-refractivity contribution in [2.24, 2.45) is 0 Å². The molecule has 0 spiro atoms. The van der Waals surface area contributed by atoms with Crippen LogP contribution in [0.5, 0.6) is 0 Å². The SMILES string of the molecule is CCN(c1ccc(S(C)(=O)=O)cc1)C1CCNC1. The van der Waals surface area contributed by atoms with Crippen LogP contribution in [0, 0.1) is 0 Å². The van der Waals surface area contributed by atoms with Gasteiger partial charge in [0.05, 0.1) is 4.90 Å². The Hall–Kier alpha value is -1.07. The van der Waals surface area contributed by atoms with E-state index in [2.05, 4.69) is 17.1 Å². The third kappa shape index (κ3) is 2.84. The van der Waals surface area contributed by atoms with Crippen molar-refractivity contribution >= 4 is 15.5 Å². The van der Waals surface area contributed by atoms with Crippen molar-refractivity contribution in [2.45, 2.75) is 24.3 Å². The number of rotatable bonds is 4. The van der Waals surface area contributed by atoms with Crippen molar-refractivity contribution in [3.05, 3.63) is 24.3 Å². The summed E-state index contributed by atoms with van der Waals surface area (Å²) < 4.78 is 22.8. The lowest BCUT2D eigenvalue weighted by molar-refractivity contribution is 0.602. The van der Waals surface area contributed by atoms with Gasteiger partial charge in [-0.1, -0.05) is 0 Å². The minimum Gasteiger partial charge on any atom is -0.367 e. The highest BCUT2D eigenvalue weighted by atomic mass is 32.2. The zero-order chi connectivity index (χ0) is 13.2. The monoisotopic (exact) mass is 268 g/mol. The Labute approximate surface area is 109 Å². The summed E-state index contributed by atoms with van der Waals surface area (Å²) in [5.74, 6) is 0. The molecule has 0 radical (unpaired) electrons. The molecule has 1 saturated heterocycles. The van der Waals surface area contributed by atoms with E-state index in [1.54, 1.807) is 12.1 Å². The van der Waals surface area contributed by atoms with E-state index >= 15 is 0 Å². The molecule has 1 N–H and O–H groups in total. The lowest BCUT2D eigenvalue weighted by Crippen LogP contribution is -2.36. The first-order valence-electron chi connectivity index (χ1n) is 6.30. The van der Waals surface area contributed by atoms with Crippen molar-refractivity contribution in [1.82, 2.24) is 5.32 Å². The van der Waals surface area contributed by atoms with Crippen LogP contribution in [0.1, 0.15) is 13.3 Å². The lowest BCUT2D eigenvalue weighted by Gasteiger charge is -2.29. The maximum atomic E-state index is 11.4. The highest BCUT2D eigenvalue weighted by Crippen LogP contribution is 2.22. The zero-order valence-electron chi connectivity index (χ0n) is 10.9. The van der Waals surface area contributed by atoms with Gasteiger partial charge < -0.3 is 10.2 Å². The minimum atomic E-state index is -3.10. The van der Waals surface area contributed by atoms with E-state index in [9.17, 15) is 8.42 Å². The van der Waals surface area contributed by atoms with Crippen LogP contribution in [-0.4, -0.2) is 40.3 Å². The molecule has 0 saturated carbocycles. The largest absolute Gasteiger partial charge is 0.367 e. The molecule has 1 unspecified atom stereocenters. The number of nitrogens with one attached hydrogen (secondary N) is 1. The molecular formula is C13H20N2O2S. The van der Waals surface area contributed by atoms with Crippen LogP contribution in [0.2, 0.25) is 0 Å². The fourth-order valence-corrected chi connectivity index (χ4v) is 3.07. The third-order valence-corrected chi connectivity index (χ3v) is 4.54. The van der Waals surface area contributed by atoms with Crippen LogP contribution in [0.3, 0.4) is 0 Å². The molecule has 100 valence electrons. The molecule has 1 heterocycles. The zero-order valence-corrected chi connectivity index (χ0v) is 11.7. The highest BCUT2D eigenvalue weighted by molar-refractivity contribution is 7.90. The number of anilines is 1. The van der Waals surface area contributed by atoms with E-state index < -0.39 is 9.84 Å². The summed E-state index contributed by atoms with van der Waals surface area (Å²) in [6.07, 6.45) is 2.38. The Bertz CT molecular complexity index is 490. The predicted molar refractivity (Wildman–Crippen MR) is 73.8 cm³/mol. The Balaban J connectivity index is 2.21. The Morgan fingerprint density at radius 3 is 2.44 bits per heavy atom. The Morgan fingerprint density at radius 2 is 2.00 bits per heavy atom. The average Bonchev–Trinajstić information content (AvgIpc) is 2.83. The maximum Gasteiger partial charge on any atom is 0.175 e. The van der Waals surface area contributed by atoms with Gasteiger partial charge in [0.1, 0.15) is 0 Å². The van der Waals surface area contributed by atoms with Crippen molar-refractivity contribution in [2.75, 3.05) is 30.8 Å². The number of sulfone groups is 1. The van der Waals surface area contributed by atoms with Gasteiger partial charge >= 0.3 is 0 Å². The standard InChI is InChI=1S/C13H20N2O2S/c1-3-15(12-8-9-14-10-12)11-4-6-13(7-5-11)18(2,16)17/h4-7,12,14H,3,8-10H2,1-2H3. The second-order valence-electron chi connectivity index (χ2n) is 4.70. The molecule has 4 nitrogen and oxygen atoms in total. The predicted octanol–water partition coefficient (Wildman–Crippen LogP) is 1.28. The molecule has 1 fully saturated rings. The molecule has 0 bridgehead atoms. The average molecular weight is 268 g/mol. The van der Waals surface area contributed by atoms with Crippen LogP contribution in [-0.2, 0) is 9.84 Å². The first kappa shape index (κ1) is 13.4. The molecule has 1 aliphatic rings. The molecule has 1 aromatic carbocycles. The van der Waals surface area contributed by atoms with Crippen LogP contribution in [0.4, 0.5) is 5.69 Å². The summed E-state index contributed by atoms with van der Waals surface area (Å²) in [6.45, 7) is 5.12. The Kier molecular flexibility index (Phi) is 3.92. The van der Waals surface area contributed by atoms with Gasteiger partial charge in [-0.2, -0.15) is 0 Å². The number of hydrogen-bond acceptors (Lipinski definition) is 4. The van der Waals surface area contributed by atoms with E-state index in [0.29, 0.717) is 10.9 Å². The Morgan fingerprint density at radius 1 is 1.33 bits per heavy atom. The molecule has 1 atom stereocenters. The summed E-state index contributed by atoms with van der Waals surface area (Å²) >= 11 is 0. The fraction of sp³-hybridized carbons (Fsp3) is 0.538. The fourth-order valence-electron chi connectivity index (χ4n) is 2.44. The van der Waals surface area contributed by atoms with Gasteiger partial charge in [0.25, 0.3) is 0 Å². The first-order valence-corrected chi connectivity index (χ1v) is 8.19. The molecule has 0 aromatic heterocycles. The molecule has 5 heteroatoms. The number of likely N-dealkylation sites (N-methyl/N-ethyl adjacent to an activating group) is 1.